The smallest absolute Gasteiger partial charge is 0.114 e. The molecule has 0 aromatic rings. The third-order valence-corrected chi connectivity index (χ3v) is 11.2. The first kappa shape index (κ1) is 106. The fourth-order valence-corrected chi connectivity index (χ4v) is 5.96. The monoisotopic (exact) mass is 1450 g/mol. The van der Waals surface area contributed by atoms with Crippen LogP contribution in [0.2, 0.25) is 0 Å². The van der Waals surface area contributed by atoms with Crippen LogP contribution in [0.1, 0.15) is 14.9 Å². The Balaban J connectivity index is -0.000000291. The molecule has 41 heteroatoms. The highest BCUT2D eigenvalue weighted by atomic mass is 16.6. The molecule has 28 N–H and O–H groups in total. The van der Waals surface area contributed by atoms with Crippen LogP contribution in [0.15, 0.2) is 0 Å². The van der Waals surface area contributed by atoms with Gasteiger partial charge in [-0.25, -0.2) is 0 Å². The molecule has 0 aromatic carbocycles. The summed E-state index contributed by atoms with van der Waals surface area (Å²) in [5, 5.41) is 255. The Kier molecular flexibility index (Phi) is 81.2. The number of ether oxygens (including phenoxy) is 13. The summed E-state index contributed by atoms with van der Waals surface area (Å²) in [6.45, 7) is -9.18. The van der Waals surface area contributed by atoms with Crippen LogP contribution in [0.3, 0.4) is 0 Å². The summed E-state index contributed by atoms with van der Waals surface area (Å²) < 4.78 is 67.0. The fraction of sp³-hybridized carbons (Fsp3) is 1.00. The van der Waals surface area contributed by atoms with E-state index in [4.69, 9.17) is 148 Å². The lowest BCUT2D eigenvalue weighted by Crippen LogP contribution is -2.51. The molecule has 0 aliphatic carbocycles. The predicted octanol–water partition coefficient (Wildman–Crippen LogP) is -15.4. The predicted molar refractivity (Wildman–Crippen MR) is 331 cm³/mol. The summed E-state index contributed by atoms with van der Waals surface area (Å²) >= 11 is 0. The van der Waals surface area contributed by atoms with Gasteiger partial charge in [0.05, 0.1) is 225 Å². The summed E-state index contributed by atoms with van der Waals surface area (Å²) in [5.74, 6) is 0. The van der Waals surface area contributed by atoms with Crippen LogP contribution in [-0.4, -0.2) is 490 Å². The molecule has 0 bridgehead atoms. The number of hydrogen-bond donors (Lipinski definition) is 28. The Hall–Kier alpha value is -1.64. The maximum absolute atomic E-state index is 10.8. The van der Waals surface area contributed by atoms with Crippen LogP contribution in [0.5, 0.6) is 0 Å². The first-order valence-corrected chi connectivity index (χ1v) is 30.1. The second-order valence-electron chi connectivity index (χ2n) is 20.8. The summed E-state index contributed by atoms with van der Waals surface area (Å²) in [5.41, 5.74) is 0. The largest absolute Gasteiger partial charge is 0.394 e. The van der Waals surface area contributed by atoms with E-state index < -0.39 is 221 Å². The molecule has 41 nitrogen and oxygen atoms in total. The summed E-state index contributed by atoms with van der Waals surface area (Å²) in [7, 11) is 0. The van der Waals surface area contributed by atoms with E-state index in [0.29, 0.717) is 0 Å². The van der Waals surface area contributed by atoms with Crippen molar-refractivity contribution in [3.63, 3.8) is 0 Å². The Labute approximate surface area is 565 Å². The average molecular weight is 1450 g/mol. The van der Waals surface area contributed by atoms with Gasteiger partial charge < -0.3 is 205 Å². The zero-order valence-electron chi connectivity index (χ0n) is 53.4. The van der Waals surface area contributed by atoms with E-state index >= 15 is 0 Å². The molecule has 0 aromatic heterocycles. The molecule has 18 unspecified atom stereocenters. The van der Waals surface area contributed by atoms with Crippen molar-refractivity contribution in [2.24, 2.45) is 0 Å². The van der Waals surface area contributed by atoms with E-state index in [1.807, 2.05) is 0 Å². The Bertz CT molecular complexity index is 1510. The standard InChI is InChI=1S/C18H38O14.C15H32O11.C12H26O9.C9H20O7.2CH4/c19-1-11(23)5-29-9-15(27)18(32-8-14(26)4-22)17(28)16(31-7-13(25)3-21)10-30-6-12(24)2-20;16-1-11(19)4-23-6-14(22)7-25-10-15(26-8-13(21)3-18)9-24-5-12(20)2-17;13-1-9(16)4-19-7-12(21-6-11(18)3-15)8-20-5-10(17)2-14;10-1-7(12)3-15-5-9(14)6-16-4-8(13)2-11;;/h11-28H,1-10H2;11-22H,1-10H2;9-18H,1-8H2;7-14H,1-6H2;2*1H4. The molecule has 0 aliphatic rings. The number of hydrogen-bond acceptors (Lipinski definition) is 41. The van der Waals surface area contributed by atoms with Crippen LogP contribution in [-0.2, 0) is 61.6 Å². The van der Waals surface area contributed by atoms with E-state index in [0.717, 1.165) is 0 Å². The second kappa shape index (κ2) is 74.1. The quantitative estimate of drug-likeness (QED) is 0.0269. The molecular weight excluding hydrogens is 1330 g/mol. The zero-order valence-corrected chi connectivity index (χ0v) is 53.4. The van der Waals surface area contributed by atoms with E-state index in [9.17, 15) is 56.2 Å². The van der Waals surface area contributed by atoms with E-state index in [-0.39, 0.29) is 140 Å². The maximum Gasteiger partial charge on any atom is 0.114 e. The lowest BCUT2D eigenvalue weighted by molar-refractivity contribution is -0.186. The number of aliphatic hydroxyl groups excluding tert-OH is 28. The van der Waals surface area contributed by atoms with E-state index in [1.54, 1.807) is 0 Å². The minimum atomic E-state index is -1.65. The van der Waals surface area contributed by atoms with Crippen molar-refractivity contribution < 1.29 is 205 Å². The minimum absolute atomic E-state index is 0. The van der Waals surface area contributed by atoms with Gasteiger partial charge in [0.25, 0.3) is 0 Å². The van der Waals surface area contributed by atoms with E-state index in [1.165, 1.54) is 0 Å². The molecular formula is C56H124O41. The van der Waals surface area contributed by atoms with Gasteiger partial charge >= 0.3 is 0 Å². The first-order chi connectivity index (χ1) is 45.2. The van der Waals surface area contributed by atoms with Gasteiger partial charge in [-0.2, -0.15) is 0 Å². The normalized spacial score (nSPS) is 17.8. The third-order valence-electron chi connectivity index (χ3n) is 11.2. The van der Waals surface area contributed by atoms with Crippen molar-refractivity contribution in [3.8, 4) is 0 Å². The van der Waals surface area contributed by atoms with Crippen molar-refractivity contribution in [2.45, 2.75) is 137 Å². The van der Waals surface area contributed by atoms with Gasteiger partial charge in [0.1, 0.15) is 122 Å². The lowest BCUT2D eigenvalue weighted by atomic mass is 10.0. The summed E-state index contributed by atoms with van der Waals surface area (Å²) in [4.78, 5) is 0. The molecule has 0 saturated carbocycles. The van der Waals surface area contributed by atoms with Crippen LogP contribution in [0, 0.1) is 0 Å². The fourth-order valence-electron chi connectivity index (χ4n) is 5.96. The van der Waals surface area contributed by atoms with Gasteiger partial charge in [-0.3, -0.25) is 0 Å². The topological polar surface area (TPSA) is 686 Å². The third kappa shape index (κ3) is 68.6. The van der Waals surface area contributed by atoms with Crippen molar-refractivity contribution in [1.82, 2.24) is 0 Å². The first-order valence-electron chi connectivity index (χ1n) is 30.1. The SMILES string of the molecule is C.C.OCC(O)COCC(COCC(O)CO)OCC(O)CO.OCC(O)COCC(O)C(OCC(O)CO)C(O)C(COCC(O)CO)OCC(O)CO.OCC(O)COCC(O)COCC(COCC(O)CO)OCC(O)CO.OCC(O)COCC(O)COCC(O)CO. The van der Waals surface area contributed by atoms with Crippen LogP contribution >= 0.6 is 0 Å². The molecule has 0 rings (SSSR count). The van der Waals surface area contributed by atoms with Crippen molar-refractivity contribution >= 4 is 0 Å². The molecule has 0 spiro atoms. The number of rotatable bonds is 63. The summed E-state index contributed by atoms with van der Waals surface area (Å²) in [6, 6.07) is 0. The van der Waals surface area contributed by atoms with Gasteiger partial charge in [-0.15, -0.1) is 0 Å². The van der Waals surface area contributed by atoms with Gasteiger partial charge in [0.2, 0.25) is 0 Å². The number of aliphatic hydroxyl groups is 28. The average Bonchev–Trinajstić information content (AvgIpc) is 0.882. The van der Waals surface area contributed by atoms with Gasteiger partial charge in [0, 0.05) is 0 Å². The van der Waals surface area contributed by atoms with Crippen molar-refractivity contribution in [2.75, 3.05) is 225 Å². The molecule has 0 aliphatic heterocycles. The summed E-state index contributed by atoms with van der Waals surface area (Å²) in [6.07, 6.45) is -22.0. The molecule has 0 saturated heterocycles. The van der Waals surface area contributed by atoms with Gasteiger partial charge in [-0.05, 0) is 0 Å². The Morgan fingerprint density at radius 1 is 0.175 bits per heavy atom. The van der Waals surface area contributed by atoms with Gasteiger partial charge in [-0.1, -0.05) is 14.9 Å². The Morgan fingerprint density at radius 2 is 0.351 bits per heavy atom. The Morgan fingerprint density at radius 3 is 0.588 bits per heavy atom. The molecule has 594 valence electrons. The molecule has 18 atom stereocenters. The molecule has 97 heavy (non-hydrogen) atoms. The highest BCUT2D eigenvalue weighted by molar-refractivity contribution is 4.85. The highest BCUT2D eigenvalue weighted by Gasteiger charge is 2.36. The second-order valence-corrected chi connectivity index (χ2v) is 20.8. The highest BCUT2D eigenvalue weighted by Crippen LogP contribution is 2.16. The van der Waals surface area contributed by atoms with Gasteiger partial charge in [0.15, 0.2) is 0 Å². The van der Waals surface area contributed by atoms with Crippen molar-refractivity contribution in [3.05, 3.63) is 0 Å². The molecule has 0 amide bonds. The maximum atomic E-state index is 10.8. The van der Waals surface area contributed by atoms with Crippen molar-refractivity contribution in [1.29, 1.82) is 0 Å². The molecule has 0 radical (unpaired) electrons. The van der Waals surface area contributed by atoms with Crippen LogP contribution in [0.4, 0.5) is 0 Å². The van der Waals surface area contributed by atoms with Crippen LogP contribution in [0.25, 0.3) is 0 Å². The molecule has 0 fully saturated rings. The molecule has 0 heterocycles. The minimum Gasteiger partial charge on any atom is -0.394 e. The lowest BCUT2D eigenvalue weighted by Gasteiger charge is -2.33. The zero-order chi connectivity index (χ0) is 72.8. The van der Waals surface area contributed by atoms with Crippen LogP contribution < -0.4 is 0 Å². The van der Waals surface area contributed by atoms with E-state index in [2.05, 4.69) is 0 Å².